The van der Waals surface area contributed by atoms with Crippen molar-refractivity contribution in [3.8, 4) is 0 Å². The van der Waals surface area contributed by atoms with E-state index in [1.54, 1.807) is 12.4 Å². The van der Waals surface area contributed by atoms with Gasteiger partial charge in [0.25, 0.3) is 0 Å². The molecule has 0 fully saturated rings. The first kappa shape index (κ1) is 13.2. The molecule has 1 aromatic carbocycles. The van der Waals surface area contributed by atoms with Crippen LogP contribution in [-0.2, 0) is 11.3 Å². The molecule has 0 saturated heterocycles. The van der Waals surface area contributed by atoms with Crippen molar-refractivity contribution in [2.24, 2.45) is 5.73 Å². The Morgan fingerprint density at radius 3 is 2.84 bits per heavy atom. The third-order valence-electron chi connectivity index (χ3n) is 2.78. The van der Waals surface area contributed by atoms with E-state index in [-0.39, 0.29) is 18.5 Å². The van der Waals surface area contributed by atoms with E-state index in [1.165, 1.54) is 4.68 Å². The number of benzene rings is 1. The number of carbonyl (C=O) groups is 1. The van der Waals surface area contributed by atoms with Crippen LogP contribution in [0.3, 0.4) is 0 Å². The molecule has 1 atom stereocenters. The van der Waals surface area contributed by atoms with Crippen LogP contribution in [0.2, 0.25) is 0 Å². The summed E-state index contributed by atoms with van der Waals surface area (Å²) in [5.41, 5.74) is 7.12. The number of hydrogen-bond donors (Lipinski definition) is 2. The minimum atomic E-state index is -0.0919. The first-order valence-electron chi connectivity index (χ1n) is 6.17. The summed E-state index contributed by atoms with van der Waals surface area (Å²) < 4.78 is 1.48. The van der Waals surface area contributed by atoms with Crippen LogP contribution in [0.1, 0.15) is 18.0 Å². The highest BCUT2D eigenvalue weighted by atomic mass is 16.2. The largest absolute Gasteiger partial charge is 0.354 e. The molecule has 0 spiro atoms. The van der Waals surface area contributed by atoms with E-state index in [0.29, 0.717) is 13.0 Å². The molecule has 2 rings (SSSR count). The highest BCUT2D eigenvalue weighted by Gasteiger charge is 2.07. The number of nitrogens with two attached hydrogens (primary N) is 1. The zero-order valence-electron chi connectivity index (χ0n) is 10.6. The standard InChI is InChI=1S/C13H17N5O/c14-12(11-4-2-1-3-5-11)6-7-15-13(19)10-18-9-8-16-17-18/h1-5,8-9,12H,6-7,10,14H2,(H,15,19). The van der Waals surface area contributed by atoms with Crippen LogP contribution in [0.25, 0.3) is 0 Å². The van der Waals surface area contributed by atoms with Crippen LogP contribution >= 0.6 is 0 Å². The zero-order valence-corrected chi connectivity index (χ0v) is 10.6. The summed E-state index contributed by atoms with van der Waals surface area (Å²) in [5.74, 6) is -0.0919. The Labute approximate surface area is 111 Å². The van der Waals surface area contributed by atoms with Gasteiger partial charge in [-0.2, -0.15) is 0 Å². The Balaban J connectivity index is 1.70. The fraction of sp³-hybridized carbons (Fsp3) is 0.308. The van der Waals surface area contributed by atoms with Gasteiger partial charge >= 0.3 is 0 Å². The fourth-order valence-electron chi connectivity index (χ4n) is 1.75. The molecule has 3 N–H and O–H groups in total. The first-order valence-corrected chi connectivity index (χ1v) is 6.17. The number of nitrogens with zero attached hydrogens (tertiary/aromatic N) is 3. The van der Waals surface area contributed by atoms with Gasteiger partial charge in [0.2, 0.25) is 5.91 Å². The molecule has 0 saturated carbocycles. The van der Waals surface area contributed by atoms with Crippen LogP contribution in [0, 0.1) is 0 Å². The van der Waals surface area contributed by atoms with Crippen LogP contribution in [0.5, 0.6) is 0 Å². The number of nitrogens with one attached hydrogen (secondary N) is 1. The molecule has 6 nitrogen and oxygen atoms in total. The average molecular weight is 259 g/mol. The van der Waals surface area contributed by atoms with E-state index >= 15 is 0 Å². The van der Waals surface area contributed by atoms with Gasteiger partial charge in [-0.3, -0.25) is 4.79 Å². The Bertz CT molecular complexity index is 497. The van der Waals surface area contributed by atoms with E-state index < -0.39 is 0 Å². The van der Waals surface area contributed by atoms with Gasteiger partial charge in [0.1, 0.15) is 6.54 Å². The van der Waals surface area contributed by atoms with E-state index in [4.69, 9.17) is 5.73 Å². The molecule has 1 unspecified atom stereocenters. The second-order valence-corrected chi connectivity index (χ2v) is 4.26. The van der Waals surface area contributed by atoms with Crippen LogP contribution in [0.15, 0.2) is 42.7 Å². The smallest absolute Gasteiger partial charge is 0.241 e. The molecule has 0 aliphatic rings. The summed E-state index contributed by atoms with van der Waals surface area (Å²) in [7, 11) is 0. The summed E-state index contributed by atoms with van der Waals surface area (Å²) in [5, 5.41) is 10.2. The minimum Gasteiger partial charge on any atom is -0.354 e. The maximum atomic E-state index is 11.6. The van der Waals surface area contributed by atoms with Crippen LogP contribution < -0.4 is 11.1 Å². The Morgan fingerprint density at radius 2 is 2.16 bits per heavy atom. The normalized spacial score (nSPS) is 12.1. The molecular formula is C13H17N5O. The summed E-state index contributed by atoms with van der Waals surface area (Å²) in [6.45, 7) is 0.726. The highest BCUT2D eigenvalue weighted by Crippen LogP contribution is 2.11. The maximum Gasteiger partial charge on any atom is 0.241 e. The highest BCUT2D eigenvalue weighted by molar-refractivity contribution is 5.75. The molecule has 1 aromatic heterocycles. The SMILES string of the molecule is NC(CCNC(=O)Cn1ccnn1)c1ccccc1. The van der Waals surface area contributed by atoms with Gasteiger partial charge in [0, 0.05) is 18.8 Å². The number of amides is 1. The van der Waals surface area contributed by atoms with Crippen molar-refractivity contribution in [3.63, 3.8) is 0 Å². The molecule has 1 heterocycles. The van der Waals surface area contributed by atoms with Gasteiger partial charge < -0.3 is 11.1 Å². The molecule has 6 heteroatoms. The van der Waals surface area contributed by atoms with Gasteiger partial charge in [-0.25, -0.2) is 4.68 Å². The van der Waals surface area contributed by atoms with Crippen molar-refractivity contribution in [1.82, 2.24) is 20.3 Å². The molecule has 1 amide bonds. The monoisotopic (exact) mass is 259 g/mol. The summed E-state index contributed by atoms with van der Waals surface area (Å²) in [4.78, 5) is 11.6. The Morgan fingerprint density at radius 1 is 1.37 bits per heavy atom. The molecular weight excluding hydrogens is 242 g/mol. The van der Waals surface area contributed by atoms with Gasteiger partial charge in [-0.1, -0.05) is 35.5 Å². The van der Waals surface area contributed by atoms with E-state index in [2.05, 4.69) is 15.6 Å². The molecule has 0 aliphatic carbocycles. The first-order chi connectivity index (χ1) is 9.25. The summed E-state index contributed by atoms with van der Waals surface area (Å²) >= 11 is 0. The van der Waals surface area contributed by atoms with Gasteiger partial charge in [-0.15, -0.1) is 5.10 Å². The lowest BCUT2D eigenvalue weighted by Crippen LogP contribution is -2.30. The van der Waals surface area contributed by atoms with E-state index in [1.807, 2.05) is 30.3 Å². The van der Waals surface area contributed by atoms with Crippen LogP contribution in [-0.4, -0.2) is 27.4 Å². The quantitative estimate of drug-likeness (QED) is 0.790. The van der Waals surface area contributed by atoms with Gasteiger partial charge in [-0.05, 0) is 12.0 Å². The van der Waals surface area contributed by atoms with E-state index in [9.17, 15) is 4.79 Å². The third kappa shape index (κ3) is 4.18. The number of carbonyl (C=O) groups excluding carboxylic acids is 1. The molecule has 0 radical (unpaired) electrons. The minimum absolute atomic E-state index is 0.0622. The molecule has 0 aliphatic heterocycles. The van der Waals surface area contributed by atoms with Crippen molar-refractivity contribution in [3.05, 3.63) is 48.3 Å². The average Bonchev–Trinajstić information content (AvgIpc) is 2.92. The maximum absolute atomic E-state index is 11.6. The van der Waals surface area contributed by atoms with Crippen LogP contribution in [0.4, 0.5) is 0 Å². The Hall–Kier alpha value is -2.21. The summed E-state index contributed by atoms with van der Waals surface area (Å²) in [6.07, 6.45) is 3.89. The predicted octanol–water partition coefficient (Wildman–Crippen LogP) is 0.484. The summed E-state index contributed by atoms with van der Waals surface area (Å²) in [6, 6.07) is 9.78. The van der Waals surface area contributed by atoms with Crippen molar-refractivity contribution in [2.75, 3.05) is 6.54 Å². The van der Waals surface area contributed by atoms with Gasteiger partial charge in [0.15, 0.2) is 0 Å². The lowest BCUT2D eigenvalue weighted by molar-refractivity contribution is -0.121. The van der Waals surface area contributed by atoms with Gasteiger partial charge in [0.05, 0.1) is 6.20 Å². The molecule has 0 bridgehead atoms. The predicted molar refractivity (Wildman–Crippen MR) is 71.0 cm³/mol. The van der Waals surface area contributed by atoms with Crippen molar-refractivity contribution < 1.29 is 4.79 Å². The van der Waals surface area contributed by atoms with Crippen molar-refractivity contribution in [2.45, 2.75) is 19.0 Å². The van der Waals surface area contributed by atoms with Crippen molar-refractivity contribution >= 4 is 5.91 Å². The molecule has 100 valence electrons. The number of aromatic nitrogens is 3. The van der Waals surface area contributed by atoms with E-state index in [0.717, 1.165) is 5.56 Å². The number of hydrogen-bond acceptors (Lipinski definition) is 4. The second-order valence-electron chi connectivity index (χ2n) is 4.26. The third-order valence-corrected chi connectivity index (χ3v) is 2.78. The zero-order chi connectivity index (χ0) is 13.5. The molecule has 2 aromatic rings. The topological polar surface area (TPSA) is 85.8 Å². The lowest BCUT2D eigenvalue weighted by Gasteiger charge is -2.12. The lowest BCUT2D eigenvalue weighted by atomic mass is 10.1. The number of rotatable bonds is 6. The molecule has 19 heavy (non-hydrogen) atoms. The second kappa shape index (κ2) is 6.65. The Kier molecular flexibility index (Phi) is 4.63. The fourth-order valence-corrected chi connectivity index (χ4v) is 1.75. The van der Waals surface area contributed by atoms with Crippen molar-refractivity contribution in [1.29, 1.82) is 0 Å².